The molecule has 0 atom stereocenters. The second-order valence-corrected chi connectivity index (χ2v) is 5.91. The van der Waals surface area contributed by atoms with Gasteiger partial charge in [-0.05, 0) is 32.9 Å². The Labute approximate surface area is 127 Å². The summed E-state index contributed by atoms with van der Waals surface area (Å²) in [5.74, 6) is 0.250. The Kier molecular flexibility index (Phi) is 4.74. The third-order valence-corrected chi connectivity index (χ3v) is 3.63. The predicted octanol–water partition coefficient (Wildman–Crippen LogP) is 3.66. The van der Waals surface area contributed by atoms with Gasteiger partial charge in [0, 0.05) is 10.9 Å². The molecule has 110 valence electrons. The highest BCUT2D eigenvalue weighted by Gasteiger charge is 2.24. The van der Waals surface area contributed by atoms with Gasteiger partial charge in [0.15, 0.2) is 5.03 Å². The summed E-state index contributed by atoms with van der Waals surface area (Å²) in [6, 6.07) is 7.81. The van der Waals surface area contributed by atoms with Gasteiger partial charge in [0.2, 0.25) is 5.82 Å². The van der Waals surface area contributed by atoms with Gasteiger partial charge in [0.1, 0.15) is 6.33 Å². The molecule has 7 heteroatoms. The number of rotatable bonds is 5. The molecule has 1 heterocycles. The van der Waals surface area contributed by atoms with E-state index in [2.05, 4.69) is 15.3 Å². The second kappa shape index (κ2) is 6.53. The monoisotopic (exact) mass is 304 g/mol. The van der Waals surface area contributed by atoms with E-state index in [-0.39, 0.29) is 17.5 Å². The zero-order chi connectivity index (χ0) is 15.4. The first kappa shape index (κ1) is 15.2. The lowest BCUT2D eigenvalue weighted by molar-refractivity contribution is -0.387. The van der Waals surface area contributed by atoms with Crippen LogP contribution in [-0.4, -0.2) is 20.9 Å². The highest BCUT2D eigenvalue weighted by atomic mass is 32.2. The first-order valence-corrected chi connectivity index (χ1v) is 7.29. The maximum atomic E-state index is 11.3. The summed E-state index contributed by atoms with van der Waals surface area (Å²) in [6.07, 6.45) is 1.34. The first-order chi connectivity index (χ1) is 9.97. The summed E-state index contributed by atoms with van der Waals surface area (Å²) >= 11 is 1.26. The highest BCUT2D eigenvalue weighted by molar-refractivity contribution is 7.99. The van der Waals surface area contributed by atoms with Crippen molar-refractivity contribution >= 4 is 23.3 Å². The molecule has 0 radical (unpaired) electrons. The van der Waals surface area contributed by atoms with E-state index >= 15 is 0 Å². The van der Waals surface area contributed by atoms with Crippen LogP contribution in [0.2, 0.25) is 0 Å². The number of hydrogen-bond acceptors (Lipinski definition) is 6. The largest absolute Gasteiger partial charge is 0.362 e. The van der Waals surface area contributed by atoms with E-state index in [1.54, 1.807) is 0 Å². The number of hydrogen-bond donors (Lipinski definition) is 1. The van der Waals surface area contributed by atoms with E-state index in [0.717, 1.165) is 10.5 Å². The number of aryl methyl sites for hydroxylation is 1. The lowest BCUT2D eigenvalue weighted by Crippen LogP contribution is -2.13. The van der Waals surface area contributed by atoms with Crippen LogP contribution in [0.15, 0.2) is 40.5 Å². The second-order valence-electron chi connectivity index (χ2n) is 4.85. The van der Waals surface area contributed by atoms with Crippen molar-refractivity contribution in [2.75, 3.05) is 5.32 Å². The Hall–Kier alpha value is -2.15. The number of nitro groups is 1. The van der Waals surface area contributed by atoms with Gasteiger partial charge < -0.3 is 5.32 Å². The van der Waals surface area contributed by atoms with Gasteiger partial charge >= 0.3 is 5.69 Å². The van der Waals surface area contributed by atoms with E-state index in [4.69, 9.17) is 0 Å². The van der Waals surface area contributed by atoms with E-state index in [0.29, 0.717) is 5.03 Å². The van der Waals surface area contributed by atoms with Gasteiger partial charge in [-0.1, -0.05) is 29.5 Å². The molecule has 1 N–H and O–H groups in total. The van der Waals surface area contributed by atoms with Crippen LogP contribution in [0.5, 0.6) is 0 Å². The topological polar surface area (TPSA) is 81.0 Å². The highest BCUT2D eigenvalue weighted by Crippen LogP contribution is 2.36. The van der Waals surface area contributed by atoms with Crippen molar-refractivity contribution in [3.05, 3.63) is 46.3 Å². The van der Waals surface area contributed by atoms with Gasteiger partial charge in [-0.3, -0.25) is 10.1 Å². The molecule has 0 aliphatic rings. The van der Waals surface area contributed by atoms with Crippen LogP contribution in [0.1, 0.15) is 19.4 Å². The smallest absolute Gasteiger partial charge is 0.343 e. The molecule has 0 aliphatic carbocycles. The van der Waals surface area contributed by atoms with E-state index in [9.17, 15) is 10.1 Å². The van der Waals surface area contributed by atoms with Crippen molar-refractivity contribution in [3.63, 3.8) is 0 Å². The molecular weight excluding hydrogens is 288 g/mol. The van der Waals surface area contributed by atoms with Gasteiger partial charge in [0.05, 0.1) is 4.92 Å². The Morgan fingerprint density at radius 2 is 1.90 bits per heavy atom. The minimum Gasteiger partial charge on any atom is -0.362 e. The average molecular weight is 304 g/mol. The van der Waals surface area contributed by atoms with Crippen LogP contribution < -0.4 is 5.32 Å². The summed E-state index contributed by atoms with van der Waals surface area (Å²) in [7, 11) is 0. The summed E-state index contributed by atoms with van der Waals surface area (Å²) in [5.41, 5.74) is 1.05. The Morgan fingerprint density at radius 1 is 1.24 bits per heavy atom. The summed E-state index contributed by atoms with van der Waals surface area (Å²) < 4.78 is 0. The molecule has 0 saturated heterocycles. The van der Waals surface area contributed by atoms with Crippen LogP contribution in [-0.2, 0) is 0 Å². The van der Waals surface area contributed by atoms with Gasteiger partial charge in [-0.25, -0.2) is 9.97 Å². The number of nitrogens with zero attached hydrogens (tertiary/aromatic N) is 3. The van der Waals surface area contributed by atoms with E-state index in [1.165, 1.54) is 18.1 Å². The van der Waals surface area contributed by atoms with Crippen LogP contribution in [0, 0.1) is 17.0 Å². The fourth-order valence-electron chi connectivity index (χ4n) is 1.70. The van der Waals surface area contributed by atoms with Crippen LogP contribution in [0.4, 0.5) is 11.5 Å². The number of anilines is 1. The molecule has 0 unspecified atom stereocenters. The zero-order valence-electron chi connectivity index (χ0n) is 12.0. The van der Waals surface area contributed by atoms with Crippen LogP contribution in [0.3, 0.4) is 0 Å². The fraction of sp³-hybridized carbons (Fsp3) is 0.286. The molecule has 1 aromatic heterocycles. The van der Waals surface area contributed by atoms with Crippen molar-refractivity contribution < 1.29 is 4.92 Å². The molecule has 0 fully saturated rings. The Morgan fingerprint density at radius 3 is 2.48 bits per heavy atom. The molecule has 0 amide bonds. The van der Waals surface area contributed by atoms with Crippen LogP contribution >= 0.6 is 11.8 Å². The molecule has 1 aromatic carbocycles. The van der Waals surface area contributed by atoms with Gasteiger partial charge in [0.25, 0.3) is 0 Å². The van der Waals surface area contributed by atoms with Crippen molar-refractivity contribution in [3.8, 4) is 0 Å². The third-order valence-electron chi connectivity index (χ3n) is 2.63. The summed E-state index contributed by atoms with van der Waals surface area (Å²) in [4.78, 5) is 19.8. The summed E-state index contributed by atoms with van der Waals surface area (Å²) in [5, 5.41) is 14.7. The first-order valence-electron chi connectivity index (χ1n) is 6.48. The SMILES string of the molecule is Cc1ccc(Sc2ncnc(NC(C)C)c2[N+](=O)[O-])cc1. The molecule has 2 aromatic rings. The van der Waals surface area contributed by atoms with Crippen molar-refractivity contribution in [1.29, 1.82) is 0 Å². The Bertz CT molecular complexity index is 644. The summed E-state index contributed by atoms with van der Waals surface area (Å²) in [6.45, 7) is 5.80. The lowest BCUT2D eigenvalue weighted by Gasteiger charge is -2.10. The normalized spacial score (nSPS) is 10.7. The molecule has 0 bridgehead atoms. The standard InChI is InChI=1S/C14H16N4O2S/c1-9(2)17-13-12(18(19)20)14(16-8-15-13)21-11-6-4-10(3)5-7-11/h4-9H,1-3H3,(H,15,16,17). The Balaban J connectivity index is 2.38. The minimum absolute atomic E-state index is 0.0517. The number of aromatic nitrogens is 2. The van der Waals surface area contributed by atoms with E-state index in [1.807, 2.05) is 45.0 Å². The molecule has 21 heavy (non-hydrogen) atoms. The molecule has 0 saturated carbocycles. The molecule has 0 spiro atoms. The fourth-order valence-corrected chi connectivity index (χ4v) is 2.56. The van der Waals surface area contributed by atoms with Crippen molar-refractivity contribution in [2.45, 2.75) is 36.7 Å². The third kappa shape index (κ3) is 3.91. The minimum atomic E-state index is -0.443. The van der Waals surface area contributed by atoms with Gasteiger partial charge in [-0.15, -0.1) is 0 Å². The quantitative estimate of drug-likeness (QED) is 0.516. The van der Waals surface area contributed by atoms with Crippen molar-refractivity contribution in [2.24, 2.45) is 0 Å². The maximum absolute atomic E-state index is 11.3. The molecule has 0 aliphatic heterocycles. The predicted molar refractivity (Wildman–Crippen MR) is 82.7 cm³/mol. The molecule has 2 rings (SSSR count). The van der Waals surface area contributed by atoms with Crippen molar-refractivity contribution in [1.82, 2.24) is 9.97 Å². The van der Waals surface area contributed by atoms with E-state index < -0.39 is 4.92 Å². The zero-order valence-corrected chi connectivity index (χ0v) is 12.8. The molecular formula is C14H16N4O2S. The number of benzene rings is 1. The number of nitrogens with one attached hydrogen (secondary N) is 1. The maximum Gasteiger partial charge on any atom is 0.343 e. The van der Waals surface area contributed by atoms with Crippen LogP contribution in [0.25, 0.3) is 0 Å². The average Bonchev–Trinajstić information content (AvgIpc) is 2.40. The lowest BCUT2D eigenvalue weighted by atomic mass is 10.2. The van der Waals surface area contributed by atoms with Gasteiger partial charge in [-0.2, -0.15) is 0 Å². The molecule has 6 nitrogen and oxygen atoms in total.